The Kier molecular flexibility index (Phi) is 4.06. The van der Waals surface area contributed by atoms with Gasteiger partial charge in [0.1, 0.15) is 5.82 Å². The van der Waals surface area contributed by atoms with Crippen LogP contribution in [0.2, 0.25) is 5.02 Å². The highest BCUT2D eigenvalue weighted by molar-refractivity contribution is 7.22. The molecule has 2 aromatic carbocycles. The Morgan fingerprint density at radius 3 is 2.50 bits per heavy atom. The van der Waals surface area contributed by atoms with Crippen molar-refractivity contribution in [3.63, 3.8) is 0 Å². The van der Waals surface area contributed by atoms with Crippen molar-refractivity contribution >= 4 is 44.0 Å². The summed E-state index contributed by atoms with van der Waals surface area (Å²) in [5.41, 5.74) is 2.70. The molecular formula is C18H17ClFN3S. The number of piperazine rings is 1. The fourth-order valence-electron chi connectivity index (χ4n) is 3.07. The van der Waals surface area contributed by atoms with E-state index in [2.05, 4.69) is 9.80 Å². The molecule has 1 aliphatic rings. The number of anilines is 2. The van der Waals surface area contributed by atoms with Crippen LogP contribution in [-0.2, 0) is 0 Å². The Morgan fingerprint density at radius 1 is 1.04 bits per heavy atom. The maximum Gasteiger partial charge on any atom is 0.186 e. The van der Waals surface area contributed by atoms with Gasteiger partial charge in [0.15, 0.2) is 5.13 Å². The summed E-state index contributed by atoms with van der Waals surface area (Å²) in [5.74, 6) is -0.156. The number of hydrogen-bond donors (Lipinski definition) is 0. The third kappa shape index (κ3) is 2.72. The van der Waals surface area contributed by atoms with Gasteiger partial charge in [-0.1, -0.05) is 35.1 Å². The lowest BCUT2D eigenvalue weighted by Crippen LogP contribution is -2.46. The maximum atomic E-state index is 13.9. The number of nitrogens with zero attached hydrogens (tertiary/aromatic N) is 3. The van der Waals surface area contributed by atoms with Gasteiger partial charge in [-0.25, -0.2) is 9.37 Å². The van der Waals surface area contributed by atoms with E-state index in [1.165, 1.54) is 6.07 Å². The molecule has 3 aromatic rings. The summed E-state index contributed by atoms with van der Waals surface area (Å²) >= 11 is 7.88. The van der Waals surface area contributed by atoms with Crippen LogP contribution in [0.5, 0.6) is 0 Å². The van der Waals surface area contributed by atoms with Gasteiger partial charge in [-0.2, -0.15) is 0 Å². The summed E-state index contributed by atoms with van der Waals surface area (Å²) in [6.45, 7) is 5.25. The fraction of sp³-hybridized carbons (Fsp3) is 0.278. The van der Waals surface area contributed by atoms with Crippen molar-refractivity contribution in [2.24, 2.45) is 0 Å². The number of hydrogen-bond acceptors (Lipinski definition) is 4. The van der Waals surface area contributed by atoms with Crippen LogP contribution in [-0.4, -0.2) is 31.2 Å². The SMILES string of the molecule is Cc1c(Cl)ccc2sc(N3CCN(c4ccccc4F)CC3)nc12. The number of fused-ring (bicyclic) bond motifs is 1. The van der Waals surface area contributed by atoms with Crippen LogP contribution in [0.1, 0.15) is 5.56 Å². The number of benzene rings is 2. The molecule has 1 aromatic heterocycles. The van der Waals surface area contributed by atoms with Gasteiger partial charge in [0.25, 0.3) is 0 Å². The molecular weight excluding hydrogens is 345 g/mol. The molecule has 0 spiro atoms. The zero-order valence-corrected chi connectivity index (χ0v) is 14.9. The topological polar surface area (TPSA) is 19.4 Å². The fourth-order valence-corrected chi connectivity index (χ4v) is 4.30. The minimum atomic E-state index is -0.156. The Morgan fingerprint density at radius 2 is 1.75 bits per heavy atom. The molecule has 0 saturated carbocycles. The highest BCUT2D eigenvalue weighted by Crippen LogP contribution is 2.34. The normalized spacial score (nSPS) is 15.3. The van der Waals surface area contributed by atoms with Gasteiger partial charge in [0, 0.05) is 31.2 Å². The summed E-state index contributed by atoms with van der Waals surface area (Å²) in [6, 6.07) is 10.9. The van der Waals surface area contributed by atoms with E-state index in [1.54, 1.807) is 17.4 Å². The van der Waals surface area contributed by atoms with Crippen molar-refractivity contribution in [2.75, 3.05) is 36.0 Å². The summed E-state index contributed by atoms with van der Waals surface area (Å²) in [5, 5.41) is 1.77. The largest absolute Gasteiger partial charge is 0.366 e. The van der Waals surface area contributed by atoms with Crippen LogP contribution in [0.4, 0.5) is 15.2 Å². The lowest BCUT2D eigenvalue weighted by molar-refractivity contribution is 0.597. The highest BCUT2D eigenvalue weighted by atomic mass is 35.5. The van der Waals surface area contributed by atoms with E-state index in [1.807, 2.05) is 31.2 Å². The van der Waals surface area contributed by atoms with E-state index >= 15 is 0 Å². The van der Waals surface area contributed by atoms with Gasteiger partial charge in [0.05, 0.1) is 15.9 Å². The molecule has 1 aliphatic heterocycles. The van der Waals surface area contributed by atoms with E-state index in [0.717, 1.165) is 52.1 Å². The molecule has 2 heterocycles. The molecule has 0 amide bonds. The molecule has 24 heavy (non-hydrogen) atoms. The number of halogens is 2. The van der Waals surface area contributed by atoms with E-state index in [-0.39, 0.29) is 5.82 Å². The Hall–Kier alpha value is -1.85. The van der Waals surface area contributed by atoms with Crippen LogP contribution in [0.25, 0.3) is 10.2 Å². The second-order valence-corrected chi connectivity index (χ2v) is 7.36. The van der Waals surface area contributed by atoms with Crippen molar-refractivity contribution in [1.29, 1.82) is 0 Å². The van der Waals surface area contributed by atoms with E-state index in [4.69, 9.17) is 16.6 Å². The summed E-state index contributed by atoms with van der Waals surface area (Å²) < 4.78 is 15.1. The lowest BCUT2D eigenvalue weighted by Gasteiger charge is -2.36. The lowest BCUT2D eigenvalue weighted by atomic mass is 10.2. The van der Waals surface area contributed by atoms with Crippen LogP contribution >= 0.6 is 22.9 Å². The Balaban J connectivity index is 1.54. The van der Waals surface area contributed by atoms with Crippen LogP contribution in [0, 0.1) is 12.7 Å². The minimum absolute atomic E-state index is 0.156. The molecule has 3 nitrogen and oxygen atoms in total. The Labute approximate surface area is 149 Å². The second kappa shape index (κ2) is 6.22. The molecule has 0 radical (unpaired) electrons. The molecule has 1 saturated heterocycles. The number of para-hydroxylation sites is 1. The third-order valence-corrected chi connectivity index (χ3v) is 5.97. The zero-order chi connectivity index (χ0) is 16.7. The predicted molar refractivity (Wildman–Crippen MR) is 100 cm³/mol. The van der Waals surface area contributed by atoms with Gasteiger partial charge in [-0.3, -0.25) is 0 Å². The van der Waals surface area contributed by atoms with Gasteiger partial charge < -0.3 is 9.80 Å². The van der Waals surface area contributed by atoms with E-state index in [0.29, 0.717) is 5.69 Å². The number of aromatic nitrogens is 1. The number of thiazole rings is 1. The van der Waals surface area contributed by atoms with Crippen LogP contribution in [0.15, 0.2) is 36.4 Å². The zero-order valence-electron chi connectivity index (χ0n) is 13.3. The highest BCUT2D eigenvalue weighted by Gasteiger charge is 2.22. The van der Waals surface area contributed by atoms with Crippen LogP contribution in [0.3, 0.4) is 0 Å². The third-order valence-electron chi connectivity index (χ3n) is 4.48. The molecule has 0 bridgehead atoms. The van der Waals surface area contributed by atoms with Crippen molar-refractivity contribution in [3.05, 3.63) is 52.8 Å². The van der Waals surface area contributed by atoms with Crippen molar-refractivity contribution in [2.45, 2.75) is 6.92 Å². The molecule has 0 unspecified atom stereocenters. The molecule has 0 aliphatic carbocycles. The number of aryl methyl sites for hydroxylation is 1. The maximum absolute atomic E-state index is 13.9. The van der Waals surface area contributed by atoms with E-state index in [9.17, 15) is 4.39 Å². The number of rotatable bonds is 2. The van der Waals surface area contributed by atoms with Gasteiger partial charge in [-0.05, 0) is 36.8 Å². The van der Waals surface area contributed by atoms with Gasteiger partial charge in [-0.15, -0.1) is 0 Å². The van der Waals surface area contributed by atoms with Crippen molar-refractivity contribution in [1.82, 2.24) is 4.98 Å². The molecule has 0 N–H and O–H groups in total. The monoisotopic (exact) mass is 361 g/mol. The van der Waals surface area contributed by atoms with Gasteiger partial charge >= 0.3 is 0 Å². The molecule has 6 heteroatoms. The minimum Gasteiger partial charge on any atom is -0.366 e. The molecule has 4 rings (SSSR count). The molecule has 124 valence electrons. The predicted octanol–water partition coefficient (Wildman–Crippen LogP) is 4.72. The first kappa shape index (κ1) is 15.7. The first-order valence-corrected chi connectivity index (χ1v) is 9.13. The smallest absolute Gasteiger partial charge is 0.186 e. The van der Waals surface area contributed by atoms with Crippen molar-refractivity contribution in [3.8, 4) is 0 Å². The summed E-state index contributed by atoms with van der Waals surface area (Å²) in [4.78, 5) is 9.15. The molecule has 0 atom stereocenters. The van der Waals surface area contributed by atoms with Crippen LogP contribution < -0.4 is 9.80 Å². The van der Waals surface area contributed by atoms with Crippen molar-refractivity contribution < 1.29 is 4.39 Å². The quantitative estimate of drug-likeness (QED) is 0.658. The summed E-state index contributed by atoms with van der Waals surface area (Å²) in [7, 11) is 0. The Bertz CT molecular complexity index is 887. The first-order valence-electron chi connectivity index (χ1n) is 7.93. The van der Waals surface area contributed by atoms with E-state index < -0.39 is 0 Å². The molecule has 1 fully saturated rings. The average molecular weight is 362 g/mol. The van der Waals surface area contributed by atoms with Gasteiger partial charge in [0.2, 0.25) is 0 Å². The standard InChI is InChI=1S/C18H17ClFN3S/c1-12-13(19)6-7-16-17(12)21-18(24-16)23-10-8-22(9-11-23)15-5-3-2-4-14(15)20/h2-7H,8-11H2,1H3. The average Bonchev–Trinajstić information content (AvgIpc) is 3.04. The second-order valence-electron chi connectivity index (χ2n) is 5.94. The summed E-state index contributed by atoms with van der Waals surface area (Å²) in [6.07, 6.45) is 0. The first-order chi connectivity index (χ1) is 11.6.